The summed E-state index contributed by atoms with van der Waals surface area (Å²) in [5, 5.41) is 8.43. The predicted octanol–water partition coefficient (Wildman–Crippen LogP) is 2.45. The Morgan fingerprint density at radius 1 is 0.622 bits per heavy atom. The predicted molar refractivity (Wildman–Crippen MR) is 129 cm³/mol. The van der Waals surface area contributed by atoms with Crippen LogP contribution in [0.3, 0.4) is 0 Å². The molecule has 11 heteroatoms. The number of hydrogen-bond donors (Lipinski definition) is 0. The number of carbonyl (C=O) groups is 2. The zero-order valence-electron chi connectivity index (χ0n) is 20.7. The van der Waals surface area contributed by atoms with Gasteiger partial charge in [0.05, 0.1) is 26.4 Å². The van der Waals surface area contributed by atoms with Crippen LogP contribution in [0.25, 0.3) is 0 Å². The van der Waals surface area contributed by atoms with Crippen LogP contribution >= 0.6 is 0 Å². The smallest absolute Gasteiger partial charge is 0.332 e. The number of nitriles is 1. The number of hydrogen-bond acceptors (Lipinski definition) is 11. The number of carbonyl (C=O) groups excluding carboxylic acids is 2. The molecular weight excluding hydrogens is 486 g/mol. The minimum atomic E-state index is -0.531. The summed E-state index contributed by atoms with van der Waals surface area (Å²) in [6.07, 6.45) is 1.58. The molecule has 0 heterocycles. The van der Waals surface area contributed by atoms with Crippen LogP contribution in [0, 0.1) is 18.4 Å². The Hall–Kier alpha value is -3.85. The van der Waals surface area contributed by atoms with E-state index in [-0.39, 0.29) is 59.5 Å². The molecule has 200 valence electrons. The van der Waals surface area contributed by atoms with Crippen molar-refractivity contribution in [3.05, 3.63) is 54.1 Å². The second-order valence-corrected chi connectivity index (χ2v) is 7.33. The first-order valence-electron chi connectivity index (χ1n) is 11.6. The van der Waals surface area contributed by atoms with Gasteiger partial charge in [-0.3, -0.25) is 0 Å². The van der Waals surface area contributed by atoms with Crippen LogP contribution < -0.4 is 14.2 Å². The molecule has 0 saturated carbocycles. The molecule has 37 heavy (non-hydrogen) atoms. The van der Waals surface area contributed by atoms with Crippen molar-refractivity contribution < 1.29 is 47.5 Å². The molecule has 2 rings (SSSR count). The van der Waals surface area contributed by atoms with Gasteiger partial charge in [-0.25, -0.2) is 9.59 Å². The SMILES string of the molecule is Cc1ccc(OCCOCC(=O)OCCOCCOC(=O)COCCOc2ccc(OC#N)cc2)cc1. The maximum Gasteiger partial charge on any atom is 0.332 e. The first-order valence-corrected chi connectivity index (χ1v) is 11.6. The van der Waals surface area contributed by atoms with E-state index in [0.29, 0.717) is 18.1 Å². The Balaban J connectivity index is 1.34. The van der Waals surface area contributed by atoms with E-state index in [4.69, 9.17) is 38.4 Å². The lowest BCUT2D eigenvalue weighted by molar-refractivity contribution is -0.152. The standard InChI is InChI=1S/C26H31NO10/c1-21-2-4-22(5-3-21)33-14-12-31-18-25(28)35-16-10-30-11-17-36-26(29)19-32-13-15-34-23-6-8-24(9-7-23)37-20-27/h2-9H,10-19H2,1H3. The molecule has 0 aliphatic rings. The Labute approximate surface area is 215 Å². The van der Waals surface area contributed by atoms with E-state index in [1.807, 2.05) is 31.2 Å². The highest BCUT2D eigenvalue weighted by Crippen LogP contribution is 2.17. The number of aryl methyl sites for hydroxylation is 1. The van der Waals surface area contributed by atoms with Gasteiger partial charge in [-0.2, -0.15) is 0 Å². The second kappa shape index (κ2) is 18.4. The molecule has 0 atom stereocenters. The first kappa shape index (κ1) is 29.4. The van der Waals surface area contributed by atoms with Crippen LogP contribution in [0.2, 0.25) is 0 Å². The Bertz CT molecular complexity index is 957. The van der Waals surface area contributed by atoms with Crippen molar-refractivity contribution in [3.63, 3.8) is 0 Å². The van der Waals surface area contributed by atoms with Crippen molar-refractivity contribution in [2.75, 3.05) is 66.1 Å². The van der Waals surface area contributed by atoms with Crippen molar-refractivity contribution >= 4 is 11.9 Å². The van der Waals surface area contributed by atoms with Gasteiger partial charge >= 0.3 is 11.9 Å². The molecule has 0 amide bonds. The van der Waals surface area contributed by atoms with Crippen molar-refractivity contribution in [1.29, 1.82) is 5.26 Å². The lowest BCUT2D eigenvalue weighted by Crippen LogP contribution is -2.20. The average molecular weight is 518 g/mol. The van der Waals surface area contributed by atoms with Crippen LogP contribution in [-0.2, 0) is 33.3 Å². The highest BCUT2D eigenvalue weighted by Gasteiger charge is 2.05. The van der Waals surface area contributed by atoms with Crippen molar-refractivity contribution in [3.8, 4) is 23.5 Å². The zero-order chi connectivity index (χ0) is 26.6. The summed E-state index contributed by atoms with van der Waals surface area (Å²) >= 11 is 0. The topological polar surface area (TPSA) is 132 Å². The minimum absolute atomic E-state index is 0.0495. The summed E-state index contributed by atoms with van der Waals surface area (Å²) in [7, 11) is 0. The second-order valence-electron chi connectivity index (χ2n) is 7.33. The van der Waals surface area contributed by atoms with E-state index in [9.17, 15) is 9.59 Å². The van der Waals surface area contributed by atoms with Crippen LogP contribution in [-0.4, -0.2) is 78.0 Å². The fraction of sp³-hybridized carbons (Fsp3) is 0.423. The van der Waals surface area contributed by atoms with Crippen molar-refractivity contribution in [1.82, 2.24) is 0 Å². The molecule has 0 fully saturated rings. The summed E-state index contributed by atoms with van der Waals surface area (Å²) in [5.74, 6) is 0.703. The van der Waals surface area contributed by atoms with Gasteiger partial charge in [0.1, 0.15) is 56.9 Å². The maximum atomic E-state index is 11.6. The quantitative estimate of drug-likeness (QED) is 0.155. The molecule has 0 aromatic heterocycles. The number of esters is 2. The van der Waals surface area contributed by atoms with Gasteiger partial charge in [0, 0.05) is 0 Å². The third-order valence-corrected chi connectivity index (χ3v) is 4.42. The third kappa shape index (κ3) is 14.3. The molecule has 0 aliphatic heterocycles. The normalized spacial score (nSPS) is 10.3. The molecule has 0 aliphatic carbocycles. The third-order valence-electron chi connectivity index (χ3n) is 4.42. The lowest BCUT2D eigenvalue weighted by atomic mass is 10.2. The molecule has 11 nitrogen and oxygen atoms in total. The fourth-order valence-electron chi connectivity index (χ4n) is 2.65. The number of rotatable bonds is 19. The summed E-state index contributed by atoms with van der Waals surface area (Å²) in [6, 6.07) is 14.1. The molecule has 0 saturated heterocycles. The van der Waals surface area contributed by atoms with E-state index >= 15 is 0 Å². The van der Waals surface area contributed by atoms with E-state index < -0.39 is 11.9 Å². The highest BCUT2D eigenvalue weighted by atomic mass is 16.6. The molecule has 0 unspecified atom stereocenters. The van der Waals surface area contributed by atoms with Crippen molar-refractivity contribution in [2.45, 2.75) is 6.92 Å². The molecule has 2 aromatic rings. The molecule has 2 aromatic carbocycles. The molecule has 0 radical (unpaired) electrons. The summed E-state index contributed by atoms with van der Waals surface area (Å²) < 4.78 is 41.2. The Morgan fingerprint density at radius 3 is 1.54 bits per heavy atom. The monoisotopic (exact) mass is 517 g/mol. The minimum Gasteiger partial charge on any atom is -0.491 e. The average Bonchev–Trinajstić information content (AvgIpc) is 2.90. The highest BCUT2D eigenvalue weighted by molar-refractivity contribution is 5.71. The van der Waals surface area contributed by atoms with Crippen LogP contribution in [0.5, 0.6) is 17.2 Å². The number of nitrogens with zero attached hydrogens (tertiary/aromatic N) is 1. The van der Waals surface area contributed by atoms with E-state index in [1.54, 1.807) is 30.5 Å². The van der Waals surface area contributed by atoms with Gasteiger partial charge in [0.2, 0.25) is 0 Å². The maximum absolute atomic E-state index is 11.6. The first-order chi connectivity index (χ1) is 18.1. The Morgan fingerprint density at radius 2 is 1.05 bits per heavy atom. The summed E-state index contributed by atoms with van der Waals surface area (Å²) in [6.45, 7) is 3.05. The zero-order valence-corrected chi connectivity index (χ0v) is 20.7. The van der Waals surface area contributed by atoms with Crippen LogP contribution in [0.15, 0.2) is 48.5 Å². The van der Waals surface area contributed by atoms with Gasteiger partial charge in [-0.1, -0.05) is 17.7 Å². The van der Waals surface area contributed by atoms with E-state index in [1.165, 1.54) is 0 Å². The number of ether oxygens (including phenoxy) is 8. The van der Waals surface area contributed by atoms with Gasteiger partial charge in [0.25, 0.3) is 6.26 Å². The lowest BCUT2D eigenvalue weighted by Gasteiger charge is -2.09. The molecule has 0 spiro atoms. The van der Waals surface area contributed by atoms with Gasteiger partial charge in [-0.05, 0) is 43.3 Å². The van der Waals surface area contributed by atoms with E-state index in [2.05, 4.69) is 4.74 Å². The Kier molecular flexibility index (Phi) is 14.6. The number of benzene rings is 2. The molecule has 0 N–H and O–H groups in total. The van der Waals surface area contributed by atoms with Crippen LogP contribution in [0.4, 0.5) is 0 Å². The summed E-state index contributed by atoms with van der Waals surface area (Å²) in [4.78, 5) is 23.2. The van der Waals surface area contributed by atoms with E-state index in [0.717, 1.165) is 11.3 Å². The fourth-order valence-corrected chi connectivity index (χ4v) is 2.65. The van der Waals surface area contributed by atoms with Gasteiger partial charge < -0.3 is 37.9 Å². The molecule has 0 bridgehead atoms. The summed E-state index contributed by atoms with van der Waals surface area (Å²) in [5.41, 5.74) is 1.15. The molecular formula is C26H31NO10. The van der Waals surface area contributed by atoms with Gasteiger partial charge in [0.15, 0.2) is 0 Å². The largest absolute Gasteiger partial charge is 0.491 e. The van der Waals surface area contributed by atoms with Crippen LogP contribution in [0.1, 0.15) is 5.56 Å². The van der Waals surface area contributed by atoms with Gasteiger partial charge in [-0.15, -0.1) is 5.26 Å². The van der Waals surface area contributed by atoms with Crippen molar-refractivity contribution in [2.24, 2.45) is 0 Å².